The van der Waals surface area contributed by atoms with E-state index < -0.39 is 26.6 Å². The molecule has 0 aromatic heterocycles. The third kappa shape index (κ3) is 4.98. The van der Waals surface area contributed by atoms with Crippen LogP contribution < -0.4 is 10.5 Å². The lowest BCUT2D eigenvalue weighted by Crippen LogP contribution is -2.26. The van der Waals surface area contributed by atoms with Crippen LogP contribution in [0.1, 0.15) is 35.7 Å². The maximum Gasteiger partial charge on any atom is 0.338 e. The number of hydrogen-bond acceptors (Lipinski definition) is 7. The Labute approximate surface area is 140 Å². The van der Waals surface area contributed by atoms with Crippen LogP contribution in [0.15, 0.2) is 17.0 Å². The highest BCUT2D eigenvalue weighted by Crippen LogP contribution is 2.27. The molecule has 0 fully saturated rings. The fraction of sp³-hybridized carbons (Fsp3) is 0.500. The Balaban J connectivity index is 3.27. The van der Waals surface area contributed by atoms with Crippen molar-refractivity contribution >= 4 is 21.7 Å². The van der Waals surface area contributed by atoms with Gasteiger partial charge in [-0.25, -0.2) is 17.9 Å². The summed E-state index contributed by atoms with van der Waals surface area (Å²) in [6.07, 6.45) is 1.18. The molecule has 0 heterocycles. The van der Waals surface area contributed by atoms with Gasteiger partial charge in [-0.3, -0.25) is 10.1 Å². The molecule has 0 radical (unpaired) electrons. The molecule has 134 valence electrons. The second-order valence-electron chi connectivity index (χ2n) is 4.99. The molecule has 0 saturated heterocycles. The monoisotopic (exact) mass is 359 g/mol. The summed E-state index contributed by atoms with van der Waals surface area (Å²) in [5.41, 5.74) is 4.79. The molecular weight excluding hydrogens is 338 g/mol. The van der Waals surface area contributed by atoms with Crippen molar-refractivity contribution in [1.82, 2.24) is 4.72 Å². The van der Waals surface area contributed by atoms with E-state index in [9.17, 15) is 23.3 Å². The number of nitro benzene ring substituents is 1. The minimum atomic E-state index is -3.99. The van der Waals surface area contributed by atoms with Gasteiger partial charge < -0.3 is 10.5 Å². The second kappa shape index (κ2) is 8.71. The fourth-order valence-electron chi connectivity index (χ4n) is 2.00. The number of ether oxygens (including phenoxy) is 1. The number of nitro groups is 1. The highest BCUT2D eigenvalue weighted by atomic mass is 32.2. The van der Waals surface area contributed by atoms with Gasteiger partial charge >= 0.3 is 5.97 Å². The summed E-state index contributed by atoms with van der Waals surface area (Å²) < 4.78 is 31.8. The number of sulfonamides is 1. The lowest BCUT2D eigenvalue weighted by molar-refractivity contribution is -0.385. The van der Waals surface area contributed by atoms with Crippen molar-refractivity contribution in [3.05, 3.63) is 33.4 Å². The minimum Gasteiger partial charge on any atom is -0.462 e. The Bertz CT molecular complexity index is 717. The normalized spacial score (nSPS) is 11.3. The number of nitrogens with zero attached hydrogens (tertiary/aromatic N) is 1. The van der Waals surface area contributed by atoms with E-state index in [1.807, 2.05) is 0 Å². The van der Waals surface area contributed by atoms with Crippen LogP contribution in [0.25, 0.3) is 0 Å². The van der Waals surface area contributed by atoms with Crippen molar-refractivity contribution in [2.75, 3.05) is 19.7 Å². The molecule has 0 spiro atoms. The summed E-state index contributed by atoms with van der Waals surface area (Å²) >= 11 is 0. The lowest BCUT2D eigenvalue weighted by atomic mass is 10.1. The molecule has 0 atom stereocenters. The molecule has 1 aromatic rings. The molecule has 0 aliphatic rings. The SMILES string of the molecule is CCOC(=O)c1cc(S(=O)(=O)NCCCCN)cc([N+](=O)[O-])c1C. The van der Waals surface area contributed by atoms with E-state index in [4.69, 9.17) is 10.5 Å². The van der Waals surface area contributed by atoms with Gasteiger partial charge in [0.1, 0.15) is 0 Å². The van der Waals surface area contributed by atoms with E-state index >= 15 is 0 Å². The first kappa shape index (κ1) is 20.0. The molecule has 1 aromatic carbocycles. The third-order valence-electron chi connectivity index (χ3n) is 3.28. The van der Waals surface area contributed by atoms with Gasteiger partial charge in [0, 0.05) is 18.2 Å². The Morgan fingerprint density at radius 1 is 1.38 bits per heavy atom. The number of hydrogen-bond donors (Lipinski definition) is 2. The average molecular weight is 359 g/mol. The predicted molar refractivity (Wildman–Crippen MR) is 87.3 cm³/mol. The van der Waals surface area contributed by atoms with Gasteiger partial charge in [-0.2, -0.15) is 0 Å². The fourth-order valence-corrected chi connectivity index (χ4v) is 3.12. The Hall–Kier alpha value is -2.04. The largest absolute Gasteiger partial charge is 0.462 e. The van der Waals surface area contributed by atoms with Crippen molar-refractivity contribution in [3.8, 4) is 0 Å². The molecule has 0 aliphatic carbocycles. The standard InChI is InChI=1S/C14H21N3O6S/c1-3-23-14(18)12-8-11(9-13(10(12)2)17(19)20)24(21,22)16-7-5-4-6-15/h8-9,16H,3-7,15H2,1-2H3. The lowest BCUT2D eigenvalue weighted by Gasteiger charge is -2.11. The Morgan fingerprint density at radius 2 is 2.04 bits per heavy atom. The molecular formula is C14H21N3O6S. The molecule has 9 nitrogen and oxygen atoms in total. The predicted octanol–water partition coefficient (Wildman–Crippen LogP) is 1.10. The van der Waals surface area contributed by atoms with Gasteiger partial charge in [0.05, 0.1) is 22.0 Å². The van der Waals surface area contributed by atoms with Gasteiger partial charge in [-0.1, -0.05) is 0 Å². The summed E-state index contributed by atoms with van der Waals surface area (Å²) in [6.45, 7) is 3.61. The zero-order chi connectivity index (χ0) is 18.3. The number of nitrogens with two attached hydrogens (primary N) is 1. The third-order valence-corrected chi connectivity index (χ3v) is 4.72. The van der Waals surface area contributed by atoms with Crippen molar-refractivity contribution < 1.29 is 22.9 Å². The molecule has 0 unspecified atom stereocenters. The molecule has 0 bridgehead atoms. The van der Waals surface area contributed by atoms with E-state index in [-0.39, 0.29) is 29.2 Å². The van der Waals surface area contributed by atoms with E-state index in [1.54, 1.807) is 6.92 Å². The first-order chi connectivity index (χ1) is 11.2. The molecule has 24 heavy (non-hydrogen) atoms. The van der Waals surface area contributed by atoms with Crippen molar-refractivity contribution in [1.29, 1.82) is 0 Å². The van der Waals surface area contributed by atoms with Crippen LogP contribution in [0.4, 0.5) is 5.69 Å². The maximum absolute atomic E-state index is 12.3. The van der Waals surface area contributed by atoms with Crippen LogP contribution in [0.5, 0.6) is 0 Å². The Morgan fingerprint density at radius 3 is 2.58 bits per heavy atom. The van der Waals surface area contributed by atoms with Crippen molar-refractivity contribution in [3.63, 3.8) is 0 Å². The van der Waals surface area contributed by atoms with E-state index in [2.05, 4.69) is 4.72 Å². The smallest absolute Gasteiger partial charge is 0.338 e. The highest BCUT2D eigenvalue weighted by molar-refractivity contribution is 7.89. The van der Waals surface area contributed by atoms with E-state index in [1.165, 1.54) is 6.92 Å². The summed E-state index contributed by atoms with van der Waals surface area (Å²) in [5, 5.41) is 11.2. The number of carbonyl (C=O) groups is 1. The number of rotatable bonds is 9. The highest BCUT2D eigenvalue weighted by Gasteiger charge is 2.26. The van der Waals surface area contributed by atoms with Crippen molar-refractivity contribution in [2.24, 2.45) is 5.73 Å². The van der Waals surface area contributed by atoms with Crippen molar-refractivity contribution in [2.45, 2.75) is 31.6 Å². The summed E-state index contributed by atoms with van der Waals surface area (Å²) in [5.74, 6) is -0.807. The zero-order valence-electron chi connectivity index (χ0n) is 13.6. The number of benzene rings is 1. The molecule has 0 amide bonds. The molecule has 10 heteroatoms. The van der Waals surface area contributed by atoms with Crippen LogP contribution in [0.3, 0.4) is 0 Å². The van der Waals surface area contributed by atoms with E-state index in [0.717, 1.165) is 12.1 Å². The molecule has 0 aliphatic heterocycles. The van der Waals surface area contributed by atoms with Crippen LogP contribution in [-0.4, -0.2) is 39.0 Å². The first-order valence-corrected chi connectivity index (χ1v) is 8.88. The first-order valence-electron chi connectivity index (χ1n) is 7.40. The van der Waals surface area contributed by atoms with Crippen LogP contribution in [-0.2, 0) is 14.8 Å². The number of nitrogens with one attached hydrogen (secondary N) is 1. The van der Waals surface area contributed by atoms with Crippen LogP contribution in [0, 0.1) is 17.0 Å². The summed E-state index contributed by atoms with van der Waals surface area (Å²) in [4.78, 5) is 22.0. The maximum atomic E-state index is 12.3. The van der Waals surface area contributed by atoms with Gasteiger partial charge in [-0.05, 0) is 39.3 Å². The van der Waals surface area contributed by atoms with E-state index in [0.29, 0.717) is 19.4 Å². The quantitative estimate of drug-likeness (QED) is 0.291. The molecule has 1 rings (SSSR count). The van der Waals surface area contributed by atoms with Gasteiger partial charge in [-0.15, -0.1) is 0 Å². The minimum absolute atomic E-state index is 0.0560. The number of esters is 1. The van der Waals surface area contributed by atoms with Crippen LogP contribution in [0.2, 0.25) is 0 Å². The van der Waals surface area contributed by atoms with Gasteiger partial charge in [0.15, 0.2) is 0 Å². The second-order valence-corrected chi connectivity index (χ2v) is 6.75. The zero-order valence-corrected chi connectivity index (χ0v) is 14.4. The topological polar surface area (TPSA) is 142 Å². The summed E-state index contributed by atoms with van der Waals surface area (Å²) in [6, 6.07) is 2.02. The number of unbranched alkanes of at least 4 members (excludes halogenated alkanes) is 1. The molecule has 0 saturated carbocycles. The average Bonchev–Trinajstić information content (AvgIpc) is 2.51. The Kier molecular flexibility index (Phi) is 7.26. The summed E-state index contributed by atoms with van der Waals surface area (Å²) in [7, 11) is -3.99. The van der Waals surface area contributed by atoms with Gasteiger partial charge in [0.2, 0.25) is 10.0 Å². The van der Waals surface area contributed by atoms with Crippen LogP contribution >= 0.6 is 0 Å². The molecule has 3 N–H and O–H groups in total. The number of carbonyl (C=O) groups excluding carboxylic acids is 1. The van der Waals surface area contributed by atoms with Gasteiger partial charge in [0.25, 0.3) is 5.69 Å².